The number of nitrogens with zero attached hydrogens (tertiary/aromatic N) is 2. The van der Waals surface area contributed by atoms with Crippen LogP contribution in [0, 0.1) is 11.6 Å². The van der Waals surface area contributed by atoms with Crippen LogP contribution in [-0.2, 0) is 0 Å². The molecule has 2 aromatic rings. The van der Waals surface area contributed by atoms with Gasteiger partial charge in [0.15, 0.2) is 0 Å². The second-order valence-corrected chi connectivity index (χ2v) is 7.57. The maximum atomic E-state index is 13.7. The van der Waals surface area contributed by atoms with E-state index in [4.69, 9.17) is 16.3 Å². The summed E-state index contributed by atoms with van der Waals surface area (Å²) in [5.74, 6) is -1.44. The summed E-state index contributed by atoms with van der Waals surface area (Å²) in [6, 6.07) is 6.05. The summed E-state index contributed by atoms with van der Waals surface area (Å²) in [6.45, 7) is 0. The maximum Gasteiger partial charge on any atom is 0.316 e. The van der Waals surface area contributed by atoms with E-state index < -0.39 is 22.9 Å². The normalized spacial score (nSPS) is 23.0. The van der Waals surface area contributed by atoms with E-state index in [1.54, 1.807) is 4.90 Å². The van der Waals surface area contributed by atoms with Crippen molar-refractivity contribution in [1.82, 2.24) is 15.2 Å². The average Bonchev–Trinajstić information content (AvgIpc) is 2.96. The Balaban J connectivity index is 1.49. The van der Waals surface area contributed by atoms with E-state index in [1.807, 2.05) is 0 Å². The zero-order chi connectivity index (χ0) is 20.5. The number of aromatic nitrogens is 1. The van der Waals surface area contributed by atoms with E-state index in [1.165, 1.54) is 24.3 Å². The first-order valence-corrected chi connectivity index (χ1v) is 9.66. The molecule has 9 heteroatoms. The van der Waals surface area contributed by atoms with Gasteiger partial charge in [-0.2, -0.15) is 0 Å². The summed E-state index contributed by atoms with van der Waals surface area (Å²) in [5.41, 5.74) is -0.0579. The van der Waals surface area contributed by atoms with Gasteiger partial charge in [-0.05, 0) is 67.6 Å². The Hall–Kier alpha value is -2.74. The molecule has 2 bridgehead atoms. The van der Waals surface area contributed by atoms with E-state index in [2.05, 4.69) is 10.3 Å². The molecule has 29 heavy (non-hydrogen) atoms. The Morgan fingerprint density at radius 1 is 1.10 bits per heavy atom. The van der Waals surface area contributed by atoms with Crippen molar-refractivity contribution in [1.29, 1.82) is 0 Å². The van der Waals surface area contributed by atoms with Crippen LogP contribution in [0.5, 0.6) is 11.6 Å². The number of amides is 2. The summed E-state index contributed by atoms with van der Waals surface area (Å²) in [6.07, 6.45) is 3.79. The lowest BCUT2D eigenvalue weighted by Crippen LogP contribution is -2.51. The number of carbonyl (C=O) groups excluding carboxylic acids is 2. The van der Waals surface area contributed by atoms with E-state index in [9.17, 15) is 18.4 Å². The molecule has 2 aliphatic rings. The van der Waals surface area contributed by atoms with Gasteiger partial charge in [-0.25, -0.2) is 13.8 Å². The number of piperidine rings is 1. The molecule has 2 fully saturated rings. The van der Waals surface area contributed by atoms with Crippen LogP contribution in [-0.4, -0.2) is 39.3 Å². The molecule has 2 amide bonds. The lowest BCUT2D eigenvalue weighted by atomic mass is 9.97. The zero-order valence-electron chi connectivity index (χ0n) is 15.3. The van der Waals surface area contributed by atoms with Gasteiger partial charge in [0.1, 0.15) is 22.9 Å². The number of hydrogen-bond donors (Lipinski definition) is 1. The van der Waals surface area contributed by atoms with Crippen molar-refractivity contribution in [2.45, 2.75) is 43.8 Å². The number of nitrogens with one attached hydrogen (secondary N) is 1. The molecular formula is C20H18ClF2N3O3. The number of carbonyl (C=O) groups is 2. The van der Waals surface area contributed by atoms with Gasteiger partial charge in [-0.15, -0.1) is 0 Å². The van der Waals surface area contributed by atoms with Crippen LogP contribution in [0.2, 0.25) is 0 Å². The number of ether oxygens (including phenoxy) is 1. The second kappa shape index (κ2) is 7.94. The maximum absolute atomic E-state index is 13.7. The lowest BCUT2D eigenvalue weighted by Gasteiger charge is -2.37. The molecule has 3 heterocycles. The van der Waals surface area contributed by atoms with Crippen LogP contribution >= 0.6 is 11.6 Å². The van der Waals surface area contributed by atoms with Gasteiger partial charge in [-0.1, -0.05) is 0 Å². The van der Waals surface area contributed by atoms with E-state index in [0.29, 0.717) is 12.8 Å². The molecule has 4 rings (SSSR count). The van der Waals surface area contributed by atoms with Gasteiger partial charge in [0.05, 0.1) is 6.20 Å². The second-order valence-electron chi connectivity index (χ2n) is 7.25. The molecule has 3 atom stereocenters. The van der Waals surface area contributed by atoms with Gasteiger partial charge in [0.25, 0.3) is 5.91 Å². The molecule has 2 aliphatic heterocycles. The molecule has 0 radical (unpaired) electrons. The smallest absolute Gasteiger partial charge is 0.316 e. The predicted molar refractivity (Wildman–Crippen MR) is 101 cm³/mol. The van der Waals surface area contributed by atoms with Crippen molar-refractivity contribution in [2.24, 2.45) is 0 Å². The van der Waals surface area contributed by atoms with Crippen molar-refractivity contribution in [3.63, 3.8) is 0 Å². The van der Waals surface area contributed by atoms with Crippen LogP contribution in [0.3, 0.4) is 0 Å². The van der Waals surface area contributed by atoms with Crippen LogP contribution < -0.4 is 10.1 Å². The first-order chi connectivity index (χ1) is 13.9. The highest BCUT2D eigenvalue weighted by atomic mass is 35.5. The standard InChI is InChI=1S/C20H18ClF2N3O3/c21-20(28)26-14-3-4-15(26)9-13(8-14)25-18(27)17-7-12(23)10-24-19(17)29-16-5-1-11(22)2-6-16/h1-2,5-7,10,13-15H,3-4,8-9H2,(H,25,27)/t13-,14-,15+. The minimum absolute atomic E-state index is 0.00961. The Kier molecular flexibility index (Phi) is 5.36. The summed E-state index contributed by atoms with van der Waals surface area (Å²) in [7, 11) is 0. The first-order valence-electron chi connectivity index (χ1n) is 9.28. The van der Waals surface area contributed by atoms with Crippen LogP contribution in [0.15, 0.2) is 36.5 Å². The third-order valence-electron chi connectivity index (χ3n) is 5.36. The molecule has 1 aromatic heterocycles. The van der Waals surface area contributed by atoms with Crippen molar-refractivity contribution < 1.29 is 23.1 Å². The van der Waals surface area contributed by atoms with Crippen molar-refractivity contribution in [2.75, 3.05) is 0 Å². The first kappa shape index (κ1) is 19.6. The molecular weight excluding hydrogens is 404 g/mol. The summed E-state index contributed by atoms with van der Waals surface area (Å²) in [4.78, 5) is 30.0. The van der Waals surface area contributed by atoms with Gasteiger partial charge in [0.2, 0.25) is 5.88 Å². The molecule has 0 unspecified atom stereocenters. The molecule has 6 nitrogen and oxygen atoms in total. The molecule has 0 aliphatic carbocycles. The van der Waals surface area contributed by atoms with Crippen LogP contribution in [0.1, 0.15) is 36.0 Å². The zero-order valence-corrected chi connectivity index (χ0v) is 16.0. The number of hydrogen-bond acceptors (Lipinski definition) is 4. The fourth-order valence-electron chi connectivity index (χ4n) is 4.13. The number of benzene rings is 1. The molecule has 1 N–H and O–H groups in total. The summed E-state index contributed by atoms with van der Waals surface area (Å²) in [5, 5.41) is 2.43. The largest absolute Gasteiger partial charge is 0.438 e. The Labute approximate surface area is 170 Å². The minimum Gasteiger partial charge on any atom is -0.438 e. The van der Waals surface area contributed by atoms with E-state index in [-0.39, 0.29) is 35.3 Å². The summed E-state index contributed by atoms with van der Waals surface area (Å²) < 4.78 is 32.4. The van der Waals surface area contributed by atoms with Crippen LogP contribution in [0.25, 0.3) is 0 Å². The highest BCUT2D eigenvalue weighted by Gasteiger charge is 2.43. The van der Waals surface area contributed by atoms with Gasteiger partial charge in [0, 0.05) is 18.1 Å². The molecule has 0 spiro atoms. The van der Waals surface area contributed by atoms with Gasteiger partial charge in [-0.3, -0.25) is 9.59 Å². The third kappa shape index (κ3) is 4.17. The summed E-state index contributed by atoms with van der Waals surface area (Å²) >= 11 is 5.67. The van der Waals surface area contributed by atoms with Crippen molar-refractivity contribution in [3.8, 4) is 11.6 Å². The Morgan fingerprint density at radius 2 is 1.76 bits per heavy atom. The Morgan fingerprint density at radius 3 is 2.38 bits per heavy atom. The number of rotatable bonds is 4. The fourth-order valence-corrected chi connectivity index (χ4v) is 4.41. The average molecular weight is 422 g/mol. The fraction of sp³-hybridized carbons (Fsp3) is 0.350. The van der Waals surface area contributed by atoms with E-state index >= 15 is 0 Å². The van der Waals surface area contributed by atoms with Crippen molar-refractivity contribution >= 4 is 22.9 Å². The predicted octanol–water partition coefficient (Wildman–Crippen LogP) is 4.24. The van der Waals surface area contributed by atoms with Gasteiger partial charge >= 0.3 is 5.37 Å². The minimum atomic E-state index is -0.677. The van der Waals surface area contributed by atoms with E-state index in [0.717, 1.165) is 25.1 Å². The quantitative estimate of drug-likeness (QED) is 0.592. The molecule has 2 saturated heterocycles. The molecule has 152 valence electrons. The van der Waals surface area contributed by atoms with Gasteiger partial charge < -0.3 is 15.0 Å². The topological polar surface area (TPSA) is 71.5 Å². The highest BCUT2D eigenvalue weighted by molar-refractivity contribution is 6.62. The lowest BCUT2D eigenvalue weighted by molar-refractivity contribution is 0.0892. The van der Waals surface area contributed by atoms with Crippen molar-refractivity contribution in [3.05, 3.63) is 53.7 Å². The number of fused-ring (bicyclic) bond motifs is 2. The SMILES string of the molecule is O=C(N[C@@H]1C[C@H]2CC[C@@H](C1)N2C(=O)Cl)c1cc(F)cnc1Oc1ccc(F)cc1. The number of pyridine rings is 1. The monoisotopic (exact) mass is 421 g/mol. The highest BCUT2D eigenvalue weighted by Crippen LogP contribution is 2.37. The molecule has 0 saturated carbocycles. The van der Waals surface area contributed by atoms with Crippen LogP contribution in [0.4, 0.5) is 13.6 Å². The number of halogens is 3. The third-order valence-corrected chi connectivity index (χ3v) is 5.56. The Bertz CT molecular complexity index is 927. The molecule has 1 aromatic carbocycles.